The van der Waals surface area contributed by atoms with Crippen LogP contribution in [0.1, 0.15) is 22.8 Å². The predicted octanol–water partition coefficient (Wildman–Crippen LogP) is 4.48. The van der Waals surface area contributed by atoms with Crippen LogP contribution in [0.3, 0.4) is 0 Å². The molecule has 0 fully saturated rings. The summed E-state index contributed by atoms with van der Waals surface area (Å²) in [5, 5.41) is 2.96. The summed E-state index contributed by atoms with van der Waals surface area (Å²) in [6.45, 7) is 2.19. The van der Waals surface area contributed by atoms with Crippen LogP contribution in [-0.4, -0.2) is 31.0 Å². The first kappa shape index (κ1) is 18.0. The highest BCUT2D eigenvalue weighted by Gasteiger charge is 2.27. The molecular formula is C23H24N4O. The third-order valence-electron chi connectivity index (χ3n) is 5.11. The molecule has 0 aliphatic carbocycles. The van der Waals surface area contributed by atoms with Crippen LogP contribution in [0.5, 0.6) is 0 Å². The number of fused-ring (bicyclic) bond motifs is 1. The van der Waals surface area contributed by atoms with E-state index < -0.39 is 0 Å². The van der Waals surface area contributed by atoms with Crippen molar-refractivity contribution in [2.75, 3.05) is 29.2 Å². The molecule has 5 heteroatoms. The number of nitrogens with one attached hydrogen (secondary N) is 1. The fourth-order valence-electron chi connectivity index (χ4n) is 3.69. The number of anilines is 4. The lowest BCUT2D eigenvalue weighted by Gasteiger charge is -2.25. The molecule has 1 aliphatic rings. The Balaban J connectivity index is 1.56. The Morgan fingerprint density at radius 1 is 1.11 bits per heavy atom. The van der Waals surface area contributed by atoms with E-state index in [-0.39, 0.29) is 5.91 Å². The summed E-state index contributed by atoms with van der Waals surface area (Å²) in [7, 11) is 3.98. The van der Waals surface area contributed by atoms with Crippen LogP contribution >= 0.6 is 0 Å². The second-order valence-corrected chi connectivity index (χ2v) is 7.38. The number of pyridine rings is 1. The van der Waals surface area contributed by atoms with Crippen molar-refractivity contribution in [2.45, 2.75) is 19.4 Å². The fourth-order valence-corrected chi connectivity index (χ4v) is 3.69. The van der Waals surface area contributed by atoms with Gasteiger partial charge in [-0.15, -0.1) is 0 Å². The highest BCUT2D eigenvalue weighted by Crippen LogP contribution is 2.37. The third kappa shape index (κ3) is 3.43. The topological polar surface area (TPSA) is 48.5 Å². The molecule has 0 saturated heterocycles. The number of rotatable bonds is 4. The minimum atomic E-state index is -0.160. The number of carbonyl (C=O) groups excluding carboxylic acids is 1. The van der Waals surface area contributed by atoms with Crippen molar-refractivity contribution in [3.05, 3.63) is 78.1 Å². The van der Waals surface area contributed by atoms with E-state index in [4.69, 9.17) is 0 Å². The van der Waals surface area contributed by atoms with E-state index in [9.17, 15) is 4.79 Å². The van der Waals surface area contributed by atoms with E-state index in [1.165, 1.54) is 11.3 Å². The molecule has 0 spiro atoms. The normalized spacial score (nSPS) is 15.2. The van der Waals surface area contributed by atoms with Crippen LogP contribution in [0.4, 0.5) is 22.7 Å². The maximum absolute atomic E-state index is 12.7. The van der Waals surface area contributed by atoms with E-state index in [0.29, 0.717) is 11.6 Å². The van der Waals surface area contributed by atoms with Crippen LogP contribution in [-0.2, 0) is 6.42 Å². The number of carbonyl (C=O) groups is 1. The molecule has 2 heterocycles. The van der Waals surface area contributed by atoms with Crippen molar-refractivity contribution >= 4 is 28.7 Å². The zero-order chi connectivity index (χ0) is 19.7. The van der Waals surface area contributed by atoms with E-state index in [0.717, 1.165) is 23.5 Å². The zero-order valence-corrected chi connectivity index (χ0v) is 16.4. The summed E-state index contributed by atoms with van der Waals surface area (Å²) in [6, 6.07) is 18.4. The van der Waals surface area contributed by atoms with Gasteiger partial charge in [-0.05, 0) is 55.3 Å². The number of benzene rings is 2. The van der Waals surface area contributed by atoms with Crippen molar-refractivity contribution in [1.82, 2.24) is 4.98 Å². The Morgan fingerprint density at radius 3 is 2.61 bits per heavy atom. The summed E-state index contributed by atoms with van der Waals surface area (Å²) in [5.41, 5.74) is 5.85. The molecule has 1 amide bonds. The number of hydrogen-bond donors (Lipinski definition) is 1. The number of para-hydroxylation sites is 1. The Bertz CT molecular complexity index is 997. The Hall–Kier alpha value is -3.34. The number of nitrogens with zero attached hydrogens (tertiary/aromatic N) is 3. The lowest BCUT2D eigenvalue weighted by Crippen LogP contribution is -2.24. The molecule has 1 atom stereocenters. The Kier molecular flexibility index (Phi) is 4.74. The molecule has 3 aromatic rings. The fraction of sp³-hybridized carbons (Fsp3) is 0.217. The summed E-state index contributed by atoms with van der Waals surface area (Å²) in [6.07, 6.45) is 4.42. The minimum Gasteiger partial charge on any atom is -0.378 e. The molecular weight excluding hydrogens is 348 g/mol. The molecule has 1 N–H and O–H groups in total. The number of aromatic nitrogens is 1. The molecule has 1 unspecified atom stereocenters. The van der Waals surface area contributed by atoms with E-state index in [1.807, 2.05) is 61.6 Å². The van der Waals surface area contributed by atoms with Crippen LogP contribution in [0.2, 0.25) is 0 Å². The molecule has 0 bridgehead atoms. The van der Waals surface area contributed by atoms with Crippen molar-refractivity contribution in [3.8, 4) is 0 Å². The van der Waals surface area contributed by atoms with Gasteiger partial charge in [0.15, 0.2) is 0 Å². The Labute approximate surface area is 165 Å². The smallest absolute Gasteiger partial charge is 0.257 e. The number of hydrogen-bond acceptors (Lipinski definition) is 4. The number of amides is 1. The van der Waals surface area contributed by atoms with Gasteiger partial charge in [0.05, 0.1) is 17.4 Å². The van der Waals surface area contributed by atoms with E-state index in [1.54, 1.807) is 6.20 Å². The standard InChI is InChI=1S/C23H24N4O/c1-16-12-17-6-4-5-7-22(17)27(16)21-13-18(14-24-15-21)23(28)25-19-8-10-20(11-9-19)26(2)3/h4-11,13-16H,12H2,1-3H3,(H,25,28). The molecule has 2 aromatic carbocycles. The monoisotopic (exact) mass is 372 g/mol. The lowest BCUT2D eigenvalue weighted by molar-refractivity contribution is 0.102. The van der Waals surface area contributed by atoms with E-state index in [2.05, 4.69) is 40.3 Å². The van der Waals surface area contributed by atoms with Crippen molar-refractivity contribution < 1.29 is 4.79 Å². The molecule has 28 heavy (non-hydrogen) atoms. The van der Waals surface area contributed by atoms with Crippen LogP contribution in [0.25, 0.3) is 0 Å². The average molecular weight is 372 g/mol. The zero-order valence-electron chi connectivity index (χ0n) is 16.4. The van der Waals surface area contributed by atoms with Crippen LogP contribution in [0.15, 0.2) is 67.0 Å². The predicted molar refractivity (Wildman–Crippen MR) is 115 cm³/mol. The summed E-state index contributed by atoms with van der Waals surface area (Å²) >= 11 is 0. The quantitative estimate of drug-likeness (QED) is 0.733. The summed E-state index contributed by atoms with van der Waals surface area (Å²) < 4.78 is 0. The van der Waals surface area contributed by atoms with Gasteiger partial charge in [0.25, 0.3) is 5.91 Å². The van der Waals surface area contributed by atoms with Crippen molar-refractivity contribution in [1.29, 1.82) is 0 Å². The first-order valence-electron chi connectivity index (χ1n) is 9.44. The highest BCUT2D eigenvalue weighted by atomic mass is 16.1. The van der Waals surface area contributed by atoms with Gasteiger partial charge in [-0.3, -0.25) is 9.78 Å². The van der Waals surface area contributed by atoms with E-state index >= 15 is 0 Å². The van der Waals surface area contributed by atoms with Crippen molar-refractivity contribution in [2.24, 2.45) is 0 Å². The van der Waals surface area contributed by atoms with Gasteiger partial charge in [-0.25, -0.2) is 0 Å². The van der Waals surface area contributed by atoms with Crippen molar-refractivity contribution in [3.63, 3.8) is 0 Å². The first-order valence-corrected chi connectivity index (χ1v) is 9.44. The second kappa shape index (κ2) is 7.35. The summed E-state index contributed by atoms with van der Waals surface area (Å²) in [4.78, 5) is 21.4. The van der Waals surface area contributed by atoms with Gasteiger partial charge < -0.3 is 15.1 Å². The summed E-state index contributed by atoms with van der Waals surface area (Å²) in [5.74, 6) is -0.160. The maximum Gasteiger partial charge on any atom is 0.257 e. The van der Waals surface area contributed by atoms with Gasteiger partial charge in [-0.2, -0.15) is 0 Å². The average Bonchev–Trinajstić information content (AvgIpc) is 3.04. The first-order chi connectivity index (χ1) is 13.5. The lowest BCUT2D eigenvalue weighted by atomic mass is 10.1. The molecule has 0 radical (unpaired) electrons. The molecule has 1 aliphatic heterocycles. The molecule has 1 aromatic heterocycles. The minimum absolute atomic E-state index is 0.160. The van der Waals surface area contributed by atoms with Gasteiger partial charge in [0.1, 0.15) is 0 Å². The Morgan fingerprint density at radius 2 is 1.86 bits per heavy atom. The van der Waals surface area contributed by atoms with Gasteiger partial charge >= 0.3 is 0 Å². The molecule has 142 valence electrons. The van der Waals surface area contributed by atoms with Crippen LogP contribution in [0, 0.1) is 0 Å². The molecule has 5 nitrogen and oxygen atoms in total. The van der Waals surface area contributed by atoms with Gasteiger partial charge in [-0.1, -0.05) is 18.2 Å². The molecule has 0 saturated carbocycles. The van der Waals surface area contributed by atoms with Crippen LogP contribution < -0.4 is 15.1 Å². The highest BCUT2D eigenvalue weighted by molar-refractivity contribution is 6.04. The van der Waals surface area contributed by atoms with Gasteiger partial charge in [0.2, 0.25) is 0 Å². The van der Waals surface area contributed by atoms with Gasteiger partial charge in [0, 0.05) is 43.4 Å². The molecule has 4 rings (SSSR count). The largest absolute Gasteiger partial charge is 0.378 e. The SMILES string of the molecule is CC1Cc2ccccc2N1c1cncc(C(=O)Nc2ccc(N(C)C)cc2)c1. The second-order valence-electron chi connectivity index (χ2n) is 7.38. The maximum atomic E-state index is 12.7. The third-order valence-corrected chi connectivity index (χ3v) is 5.11.